The molecule has 0 saturated carbocycles. The summed E-state index contributed by atoms with van der Waals surface area (Å²) in [4.78, 5) is 15.6. The number of carbonyl (C=O) groups excluding carboxylic acids is 1. The van der Waals surface area contributed by atoms with Gasteiger partial charge in [-0.05, 0) is 60.4 Å². The van der Waals surface area contributed by atoms with Crippen molar-refractivity contribution in [1.29, 1.82) is 0 Å². The number of amides is 2. The Kier molecular flexibility index (Phi) is 6.46. The number of fused-ring (bicyclic) bond motifs is 3. The average molecular weight is 538 g/mol. The summed E-state index contributed by atoms with van der Waals surface area (Å²) in [6.07, 6.45) is 1.97. The smallest absolute Gasteiger partial charge is 0.307 e. The van der Waals surface area contributed by atoms with E-state index < -0.39 is 23.7 Å². The summed E-state index contributed by atoms with van der Waals surface area (Å²) in [6.45, 7) is 6.39. The van der Waals surface area contributed by atoms with Gasteiger partial charge in [0.25, 0.3) is 0 Å². The van der Waals surface area contributed by atoms with Crippen LogP contribution in [0, 0.1) is 18.6 Å². The minimum Gasteiger partial charge on any atom is -0.307 e. The summed E-state index contributed by atoms with van der Waals surface area (Å²) in [5.74, 6) is -0.157. The van der Waals surface area contributed by atoms with E-state index in [-0.39, 0.29) is 12.2 Å². The van der Waals surface area contributed by atoms with Gasteiger partial charge in [0.05, 0.1) is 35.3 Å². The zero-order chi connectivity index (χ0) is 28.0. The SMILES string of the molecule is Cc1nn(-c2ccccc2)c2c1CN(C(=O)Nc1cc(F)ccc1F)[C@@H](c1ccc(C(C)C)cc1)c1cccn1-2. The summed E-state index contributed by atoms with van der Waals surface area (Å²) in [5.41, 5.74) is 5.25. The highest BCUT2D eigenvalue weighted by molar-refractivity contribution is 5.90. The van der Waals surface area contributed by atoms with Crippen molar-refractivity contribution in [2.45, 2.75) is 39.3 Å². The van der Waals surface area contributed by atoms with E-state index >= 15 is 0 Å². The molecule has 5 aromatic rings. The van der Waals surface area contributed by atoms with Crippen molar-refractivity contribution in [2.75, 3.05) is 5.32 Å². The molecule has 2 amide bonds. The van der Waals surface area contributed by atoms with Gasteiger partial charge in [0, 0.05) is 17.8 Å². The molecule has 0 unspecified atom stereocenters. The number of anilines is 1. The van der Waals surface area contributed by atoms with Crippen LogP contribution >= 0.6 is 0 Å². The lowest BCUT2D eigenvalue weighted by Crippen LogP contribution is -2.38. The van der Waals surface area contributed by atoms with Crippen molar-refractivity contribution in [3.63, 3.8) is 0 Å². The molecular weight excluding hydrogens is 508 g/mol. The van der Waals surface area contributed by atoms with E-state index in [1.54, 1.807) is 4.90 Å². The van der Waals surface area contributed by atoms with Crippen LogP contribution in [-0.2, 0) is 6.54 Å². The highest BCUT2D eigenvalue weighted by Crippen LogP contribution is 2.39. The molecule has 0 spiro atoms. The molecule has 1 aliphatic rings. The number of halogens is 2. The molecule has 0 radical (unpaired) electrons. The first-order valence-corrected chi connectivity index (χ1v) is 13.3. The van der Waals surface area contributed by atoms with Crippen molar-refractivity contribution in [1.82, 2.24) is 19.2 Å². The first kappa shape index (κ1) is 25.6. The molecule has 1 aliphatic heterocycles. The highest BCUT2D eigenvalue weighted by Gasteiger charge is 2.36. The third-order valence-corrected chi connectivity index (χ3v) is 7.44. The number of nitrogens with zero attached hydrogens (tertiary/aromatic N) is 4. The predicted molar refractivity (Wildman–Crippen MR) is 151 cm³/mol. The molecule has 2 aromatic heterocycles. The Balaban J connectivity index is 1.53. The van der Waals surface area contributed by atoms with Crippen LogP contribution in [0.5, 0.6) is 0 Å². The number of aryl methyl sites for hydroxylation is 1. The maximum atomic E-state index is 14.6. The summed E-state index contributed by atoms with van der Waals surface area (Å²) >= 11 is 0. The van der Waals surface area contributed by atoms with Crippen LogP contribution in [0.1, 0.15) is 53.9 Å². The summed E-state index contributed by atoms with van der Waals surface area (Å²) in [6, 6.07) is 23.9. The normalized spacial score (nSPS) is 14.6. The van der Waals surface area contributed by atoms with Crippen molar-refractivity contribution < 1.29 is 13.6 Å². The number of rotatable bonds is 4. The lowest BCUT2D eigenvalue weighted by molar-refractivity contribution is 0.194. The third kappa shape index (κ3) is 4.45. The van der Waals surface area contributed by atoms with Gasteiger partial charge in [0.15, 0.2) is 0 Å². The predicted octanol–water partition coefficient (Wildman–Crippen LogP) is 7.51. The number of para-hydroxylation sites is 1. The maximum Gasteiger partial charge on any atom is 0.323 e. The van der Waals surface area contributed by atoms with Crippen LogP contribution in [0.3, 0.4) is 0 Å². The van der Waals surface area contributed by atoms with Gasteiger partial charge in [-0.1, -0.05) is 56.3 Å². The number of benzene rings is 3. The van der Waals surface area contributed by atoms with Crippen LogP contribution in [0.25, 0.3) is 11.5 Å². The third-order valence-electron chi connectivity index (χ3n) is 7.44. The number of hydrogen-bond donors (Lipinski definition) is 1. The Labute approximate surface area is 231 Å². The molecule has 202 valence electrons. The van der Waals surface area contributed by atoms with Crippen LogP contribution in [-0.4, -0.2) is 25.3 Å². The van der Waals surface area contributed by atoms with Gasteiger partial charge in [0.1, 0.15) is 17.5 Å². The Hall–Kier alpha value is -4.72. The number of urea groups is 1. The van der Waals surface area contributed by atoms with E-state index in [0.717, 1.165) is 52.2 Å². The van der Waals surface area contributed by atoms with Crippen molar-refractivity contribution >= 4 is 11.7 Å². The molecule has 0 fully saturated rings. The zero-order valence-corrected chi connectivity index (χ0v) is 22.5. The molecule has 0 bridgehead atoms. The lowest BCUT2D eigenvalue weighted by atomic mass is 9.97. The lowest BCUT2D eigenvalue weighted by Gasteiger charge is -2.31. The zero-order valence-electron chi connectivity index (χ0n) is 22.5. The maximum absolute atomic E-state index is 14.6. The molecule has 6 nitrogen and oxygen atoms in total. The molecule has 3 heterocycles. The summed E-state index contributed by atoms with van der Waals surface area (Å²) < 4.78 is 32.5. The molecule has 3 aromatic carbocycles. The van der Waals surface area contributed by atoms with E-state index in [1.165, 1.54) is 5.56 Å². The molecule has 6 rings (SSSR count). The van der Waals surface area contributed by atoms with E-state index in [9.17, 15) is 13.6 Å². The number of carbonyl (C=O) groups is 1. The van der Waals surface area contributed by atoms with Crippen LogP contribution in [0.15, 0.2) is 91.1 Å². The first-order chi connectivity index (χ1) is 19.3. The fraction of sp³-hybridized carbons (Fsp3) is 0.188. The Morgan fingerprint density at radius 2 is 1.73 bits per heavy atom. The minimum atomic E-state index is -0.709. The molecule has 1 atom stereocenters. The average Bonchev–Trinajstić information content (AvgIpc) is 3.51. The number of aromatic nitrogens is 3. The van der Waals surface area contributed by atoms with Gasteiger partial charge >= 0.3 is 6.03 Å². The molecule has 8 heteroatoms. The van der Waals surface area contributed by atoms with Crippen molar-refractivity contribution in [3.8, 4) is 11.5 Å². The second-order valence-electron chi connectivity index (χ2n) is 10.3. The van der Waals surface area contributed by atoms with Crippen molar-refractivity contribution in [3.05, 3.63) is 131 Å². The highest BCUT2D eigenvalue weighted by atomic mass is 19.1. The fourth-order valence-corrected chi connectivity index (χ4v) is 5.34. The molecule has 40 heavy (non-hydrogen) atoms. The van der Waals surface area contributed by atoms with Crippen LogP contribution in [0.2, 0.25) is 0 Å². The summed E-state index contributed by atoms with van der Waals surface area (Å²) in [7, 11) is 0. The van der Waals surface area contributed by atoms with Gasteiger partial charge in [-0.15, -0.1) is 0 Å². The second kappa shape index (κ2) is 10.1. The van der Waals surface area contributed by atoms with E-state index in [0.29, 0.717) is 5.92 Å². The van der Waals surface area contributed by atoms with Gasteiger partial charge < -0.3 is 14.8 Å². The van der Waals surface area contributed by atoms with Crippen molar-refractivity contribution in [2.24, 2.45) is 0 Å². The summed E-state index contributed by atoms with van der Waals surface area (Å²) in [5, 5.41) is 7.47. The second-order valence-corrected chi connectivity index (χ2v) is 10.3. The monoisotopic (exact) mass is 537 g/mol. The standard InChI is InChI=1S/C32H29F2N5O/c1-20(2)22-11-13-23(14-12-22)30-29-10-7-17-37(29)31-26(21(3)36-39(31)25-8-5-4-6-9-25)19-38(30)32(40)35-28-18-24(33)15-16-27(28)34/h4-18,20,30H,19H2,1-3H3,(H,35,40)/t30-/m0/s1. The minimum absolute atomic E-state index is 0.203. The van der Waals surface area contributed by atoms with Crippen LogP contribution in [0.4, 0.5) is 19.3 Å². The van der Waals surface area contributed by atoms with Gasteiger partial charge in [0.2, 0.25) is 0 Å². The number of hydrogen-bond acceptors (Lipinski definition) is 2. The molecule has 1 N–H and O–H groups in total. The van der Waals surface area contributed by atoms with E-state index in [2.05, 4.69) is 35.9 Å². The fourth-order valence-electron chi connectivity index (χ4n) is 5.34. The van der Waals surface area contributed by atoms with Gasteiger partial charge in [-0.3, -0.25) is 0 Å². The van der Waals surface area contributed by atoms with Gasteiger partial charge in [-0.2, -0.15) is 5.10 Å². The van der Waals surface area contributed by atoms with E-state index in [4.69, 9.17) is 5.10 Å². The topological polar surface area (TPSA) is 55.1 Å². The first-order valence-electron chi connectivity index (χ1n) is 13.3. The van der Waals surface area contributed by atoms with Gasteiger partial charge in [-0.25, -0.2) is 18.3 Å². The molecule has 0 saturated heterocycles. The Bertz CT molecular complexity index is 1690. The molecule has 0 aliphatic carbocycles. The quantitative estimate of drug-likeness (QED) is 0.258. The number of nitrogens with one attached hydrogen (secondary N) is 1. The van der Waals surface area contributed by atoms with Crippen LogP contribution < -0.4 is 5.32 Å². The van der Waals surface area contributed by atoms with E-state index in [1.807, 2.05) is 72.4 Å². The Morgan fingerprint density at radius 1 is 0.975 bits per heavy atom. The Morgan fingerprint density at radius 3 is 2.45 bits per heavy atom. The largest absolute Gasteiger partial charge is 0.323 e. The molecular formula is C32H29F2N5O.